The molecule has 1 N–H and O–H groups in total. The van der Waals surface area contributed by atoms with Crippen molar-refractivity contribution < 1.29 is 13.2 Å². The molecule has 0 spiro atoms. The molecule has 0 bridgehead atoms. The molecule has 0 aliphatic carbocycles. The van der Waals surface area contributed by atoms with Gasteiger partial charge in [0.2, 0.25) is 10.0 Å². The Hall–Kier alpha value is -1.65. The van der Waals surface area contributed by atoms with E-state index in [0.29, 0.717) is 32.7 Å². The molecule has 2 heterocycles. The largest absolute Gasteiger partial charge is 0.378 e. The second-order valence-electron chi connectivity index (χ2n) is 6.88. The van der Waals surface area contributed by atoms with Gasteiger partial charge in [0, 0.05) is 46.0 Å². The first-order valence-electron chi connectivity index (χ1n) is 9.36. The van der Waals surface area contributed by atoms with Crippen molar-refractivity contribution in [1.29, 1.82) is 0 Å². The molecule has 1 fully saturated rings. The molecule has 0 atom stereocenters. The summed E-state index contributed by atoms with van der Waals surface area (Å²) in [6, 6.07) is 0. The summed E-state index contributed by atoms with van der Waals surface area (Å²) in [6.07, 6.45) is 3.87. The van der Waals surface area contributed by atoms with Gasteiger partial charge < -0.3 is 15.0 Å². The van der Waals surface area contributed by atoms with Crippen LogP contribution < -0.4 is 5.32 Å². The maximum absolute atomic E-state index is 12.4. The Morgan fingerprint density at radius 3 is 2.59 bits per heavy atom. The lowest BCUT2D eigenvalue weighted by Crippen LogP contribution is -2.54. The molecule has 1 aliphatic heterocycles. The lowest BCUT2D eigenvalue weighted by Gasteiger charge is -2.35. The lowest BCUT2D eigenvalue weighted by molar-refractivity contribution is 0.0904. The first-order valence-corrected chi connectivity index (χ1v) is 11.0. The van der Waals surface area contributed by atoms with Crippen LogP contribution >= 0.6 is 0 Å². The predicted molar refractivity (Wildman–Crippen MR) is 106 cm³/mol. The fourth-order valence-electron chi connectivity index (χ4n) is 2.90. The third kappa shape index (κ3) is 6.78. The highest BCUT2D eigenvalue weighted by Gasteiger charge is 2.27. The molecule has 0 radical (unpaired) electrons. The molecule has 27 heavy (non-hydrogen) atoms. The Balaban J connectivity index is 1.77. The highest BCUT2D eigenvalue weighted by atomic mass is 32.2. The van der Waals surface area contributed by atoms with Crippen molar-refractivity contribution in [2.75, 3.05) is 52.1 Å². The molecule has 2 rings (SSSR count). The molecule has 10 heteroatoms. The normalized spacial score (nSPS) is 16.9. The van der Waals surface area contributed by atoms with Crippen molar-refractivity contribution in [3.8, 4) is 0 Å². The third-order valence-corrected chi connectivity index (χ3v) is 6.16. The smallest absolute Gasteiger partial charge is 0.216 e. The highest BCUT2D eigenvalue weighted by molar-refractivity contribution is 7.89. The maximum atomic E-state index is 12.4. The lowest BCUT2D eigenvalue weighted by atomic mass is 10.4. The molecule has 1 saturated heterocycles. The van der Waals surface area contributed by atoms with Crippen LogP contribution in [0.15, 0.2) is 17.4 Å². The summed E-state index contributed by atoms with van der Waals surface area (Å²) >= 11 is 0. The summed E-state index contributed by atoms with van der Waals surface area (Å²) in [4.78, 5) is 6.41. The second-order valence-corrected chi connectivity index (χ2v) is 8.96. The number of hydrogen-bond acceptors (Lipinski definition) is 5. The summed E-state index contributed by atoms with van der Waals surface area (Å²) in [7, 11) is -1.53. The van der Waals surface area contributed by atoms with Crippen LogP contribution in [0.2, 0.25) is 0 Å². The van der Waals surface area contributed by atoms with Gasteiger partial charge in [-0.2, -0.15) is 9.40 Å². The van der Waals surface area contributed by atoms with E-state index >= 15 is 0 Å². The van der Waals surface area contributed by atoms with Crippen LogP contribution in [0.3, 0.4) is 0 Å². The van der Waals surface area contributed by atoms with E-state index < -0.39 is 10.0 Å². The van der Waals surface area contributed by atoms with E-state index in [1.165, 1.54) is 0 Å². The van der Waals surface area contributed by atoms with Crippen LogP contribution in [-0.4, -0.2) is 91.6 Å². The third-order valence-electron chi connectivity index (χ3n) is 4.32. The number of piperazine rings is 1. The SMILES string of the molecule is CN=C(NCCn1cc(C)cn1)N1CCN(S(=O)(=O)CCOC(C)C)CC1. The minimum Gasteiger partial charge on any atom is -0.378 e. The van der Waals surface area contributed by atoms with E-state index in [9.17, 15) is 8.42 Å². The van der Waals surface area contributed by atoms with Gasteiger partial charge in [0.25, 0.3) is 0 Å². The molecule has 0 unspecified atom stereocenters. The molecule has 9 nitrogen and oxygen atoms in total. The molecule has 1 aromatic rings. The van der Waals surface area contributed by atoms with Crippen molar-refractivity contribution in [3.63, 3.8) is 0 Å². The fourth-order valence-corrected chi connectivity index (χ4v) is 4.18. The monoisotopic (exact) mass is 400 g/mol. The Morgan fingerprint density at radius 2 is 2.04 bits per heavy atom. The molecular formula is C17H32N6O3S. The summed E-state index contributed by atoms with van der Waals surface area (Å²) < 4.78 is 33.6. The quantitative estimate of drug-likeness (QED) is 0.493. The van der Waals surface area contributed by atoms with Gasteiger partial charge in [0.05, 0.1) is 31.2 Å². The van der Waals surface area contributed by atoms with E-state index in [4.69, 9.17) is 4.74 Å². The van der Waals surface area contributed by atoms with Gasteiger partial charge in [0.15, 0.2) is 5.96 Å². The number of nitrogens with zero attached hydrogens (tertiary/aromatic N) is 5. The minimum atomic E-state index is -3.28. The standard InChI is InChI=1S/C17H32N6O3S/c1-15(2)26-11-12-27(24,25)23-9-7-21(8-10-23)17(18-4)19-5-6-22-14-16(3)13-20-22/h13-15H,5-12H2,1-4H3,(H,18,19). The average Bonchev–Trinajstić information content (AvgIpc) is 3.03. The van der Waals surface area contributed by atoms with Gasteiger partial charge in [-0.25, -0.2) is 8.42 Å². The first-order chi connectivity index (χ1) is 12.8. The number of aryl methyl sites for hydroxylation is 1. The molecule has 0 aromatic carbocycles. The number of guanidine groups is 1. The summed E-state index contributed by atoms with van der Waals surface area (Å²) in [5.41, 5.74) is 1.13. The number of aromatic nitrogens is 2. The summed E-state index contributed by atoms with van der Waals surface area (Å²) in [5, 5.41) is 7.59. The topological polar surface area (TPSA) is 92.1 Å². The minimum absolute atomic E-state index is 0.0292. The van der Waals surface area contributed by atoms with Crippen molar-refractivity contribution >= 4 is 16.0 Å². The van der Waals surface area contributed by atoms with Crippen LogP contribution in [0.5, 0.6) is 0 Å². The van der Waals surface area contributed by atoms with Crippen molar-refractivity contribution in [3.05, 3.63) is 18.0 Å². The Bertz CT molecular complexity index is 708. The van der Waals surface area contributed by atoms with E-state index in [1.54, 1.807) is 11.4 Å². The van der Waals surface area contributed by atoms with Crippen molar-refractivity contribution in [1.82, 2.24) is 24.3 Å². The number of nitrogens with one attached hydrogen (secondary N) is 1. The maximum Gasteiger partial charge on any atom is 0.216 e. The van der Waals surface area contributed by atoms with Crippen LogP contribution in [0.1, 0.15) is 19.4 Å². The molecule has 0 amide bonds. The van der Waals surface area contributed by atoms with Gasteiger partial charge in [-0.05, 0) is 26.3 Å². The first kappa shape index (κ1) is 21.6. The van der Waals surface area contributed by atoms with Crippen molar-refractivity contribution in [2.24, 2.45) is 4.99 Å². The number of hydrogen-bond donors (Lipinski definition) is 1. The Morgan fingerprint density at radius 1 is 1.33 bits per heavy atom. The van der Waals surface area contributed by atoms with Crippen molar-refractivity contribution in [2.45, 2.75) is 33.4 Å². The van der Waals surface area contributed by atoms with Crippen LogP contribution in [0, 0.1) is 6.92 Å². The van der Waals surface area contributed by atoms with Crippen LogP contribution in [0.4, 0.5) is 0 Å². The van der Waals surface area contributed by atoms with Crippen LogP contribution in [0.25, 0.3) is 0 Å². The summed E-state index contributed by atoms with van der Waals surface area (Å²) in [6.45, 7) is 9.65. The van der Waals surface area contributed by atoms with E-state index in [1.807, 2.05) is 37.8 Å². The average molecular weight is 401 g/mol. The number of aliphatic imine (C=N–C) groups is 1. The van der Waals surface area contributed by atoms with Crippen LogP contribution in [-0.2, 0) is 21.3 Å². The van der Waals surface area contributed by atoms with Gasteiger partial charge in [-0.1, -0.05) is 0 Å². The zero-order valence-corrected chi connectivity index (χ0v) is 17.6. The van der Waals surface area contributed by atoms with Gasteiger partial charge in [-0.15, -0.1) is 0 Å². The molecule has 1 aliphatic rings. The summed E-state index contributed by atoms with van der Waals surface area (Å²) in [5.74, 6) is 0.820. The van der Waals surface area contributed by atoms with Gasteiger partial charge >= 0.3 is 0 Å². The zero-order chi connectivity index (χ0) is 19.9. The number of rotatable bonds is 8. The van der Waals surface area contributed by atoms with E-state index in [2.05, 4.69) is 20.3 Å². The van der Waals surface area contributed by atoms with Gasteiger partial charge in [-0.3, -0.25) is 9.67 Å². The van der Waals surface area contributed by atoms with E-state index in [-0.39, 0.29) is 18.5 Å². The fraction of sp³-hybridized carbons (Fsp3) is 0.765. The molecule has 0 saturated carbocycles. The second kappa shape index (κ2) is 10.0. The Kier molecular flexibility index (Phi) is 8.06. The molecule has 154 valence electrons. The number of ether oxygens (including phenoxy) is 1. The molecule has 1 aromatic heterocycles. The predicted octanol–water partition coefficient (Wildman–Crippen LogP) is 0.139. The van der Waals surface area contributed by atoms with E-state index in [0.717, 1.165) is 18.1 Å². The zero-order valence-electron chi connectivity index (χ0n) is 16.8. The molecular weight excluding hydrogens is 368 g/mol. The number of sulfonamides is 1. The highest BCUT2D eigenvalue weighted by Crippen LogP contribution is 2.09. The van der Waals surface area contributed by atoms with Gasteiger partial charge in [0.1, 0.15) is 0 Å². The Labute approximate surface area is 162 Å².